The molecule has 94 valence electrons. The van der Waals surface area contributed by atoms with Crippen molar-refractivity contribution in [2.75, 3.05) is 26.7 Å². The summed E-state index contributed by atoms with van der Waals surface area (Å²) in [6.07, 6.45) is 2.78. The zero-order valence-corrected chi connectivity index (χ0v) is 10.8. The number of likely N-dealkylation sites (N-methyl/N-ethyl adjacent to an activating group) is 1. The SMILES string of the molecule is CCC1CN(C)CCCN1C(=O)[C@@H](N)CC. The molecular formula is C12H25N3O. The molecular weight excluding hydrogens is 202 g/mol. The lowest BCUT2D eigenvalue weighted by Gasteiger charge is -2.32. The van der Waals surface area contributed by atoms with Gasteiger partial charge in [0.2, 0.25) is 5.91 Å². The van der Waals surface area contributed by atoms with Crippen LogP contribution in [0.4, 0.5) is 0 Å². The molecule has 2 atom stereocenters. The van der Waals surface area contributed by atoms with Crippen LogP contribution in [-0.2, 0) is 4.79 Å². The molecule has 1 heterocycles. The number of carbonyl (C=O) groups is 1. The maximum Gasteiger partial charge on any atom is 0.239 e. The summed E-state index contributed by atoms with van der Waals surface area (Å²) in [5.41, 5.74) is 5.85. The van der Waals surface area contributed by atoms with Crippen molar-refractivity contribution < 1.29 is 4.79 Å². The predicted molar refractivity (Wildman–Crippen MR) is 66.2 cm³/mol. The largest absolute Gasteiger partial charge is 0.337 e. The van der Waals surface area contributed by atoms with Gasteiger partial charge in [0.05, 0.1) is 6.04 Å². The highest BCUT2D eigenvalue weighted by Gasteiger charge is 2.28. The zero-order valence-electron chi connectivity index (χ0n) is 10.8. The summed E-state index contributed by atoms with van der Waals surface area (Å²) in [4.78, 5) is 16.4. The summed E-state index contributed by atoms with van der Waals surface area (Å²) in [6.45, 7) is 7.00. The van der Waals surface area contributed by atoms with Gasteiger partial charge in [-0.25, -0.2) is 0 Å². The Kier molecular flexibility index (Phi) is 5.22. The highest BCUT2D eigenvalue weighted by molar-refractivity contribution is 5.81. The Morgan fingerprint density at radius 1 is 1.44 bits per heavy atom. The van der Waals surface area contributed by atoms with Crippen LogP contribution in [0, 0.1) is 0 Å². The average molecular weight is 227 g/mol. The molecule has 4 heteroatoms. The molecule has 0 spiro atoms. The Morgan fingerprint density at radius 3 is 2.69 bits per heavy atom. The number of rotatable bonds is 3. The van der Waals surface area contributed by atoms with Crippen molar-refractivity contribution in [1.82, 2.24) is 9.80 Å². The van der Waals surface area contributed by atoms with Crippen LogP contribution in [0.25, 0.3) is 0 Å². The molecule has 1 saturated heterocycles. The maximum atomic E-state index is 12.1. The summed E-state index contributed by atoms with van der Waals surface area (Å²) in [7, 11) is 2.12. The molecule has 1 amide bonds. The van der Waals surface area contributed by atoms with E-state index in [1.54, 1.807) is 0 Å². The highest BCUT2D eigenvalue weighted by atomic mass is 16.2. The Hall–Kier alpha value is -0.610. The van der Waals surface area contributed by atoms with E-state index in [-0.39, 0.29) is 11.9 Å². The molecule has 16 heavy (non-hydrogen) atoms. The molecule has 0 radical (unpaired) electrons. The fourth-order valence-corrected chi connectivity index (χ4v) is 2.27. The van der Waals surface area contributed by atoms with Crippen LogP contribution in [0.2, 0.25) is 0 Å². The van der Waals surface area contributed by atoms with Gasteiger partial charge in [-0.05, 0) is 32.9 Å². The third kappa shape index (κ3) is 3.19. The van der Waals surface area contributed by atoms with E-state index in [1.165, 1.54) is 0 Å². The first-order valence-electron chi connectivity index (χ1n) is 6.34. The minimum Gasteiger partial charge on any atom is -0.337 e. The Balaban J connectivity index is 2.71. The topological polar surface area (TPSA) is 49.6 Å². The quantitative estimate of drug-likeness (QED) is 0.771. The monoisotopic (exact) mass is 227 g/mol. The smallest absolute Gasteiger partial charge is 0.239 e. The molecule has 2 N–H and O–H groups in total. The third-order valence-corrected chi connectivity index (χ3v) is 3.41. The molecule has 0 aromatic carbocycles. The molecule has 1 fully saturated rings. The Morgan fingerprint density at radius 2 is 2.12 bits per heavy atom. The van der Waals surface area contributed by atoms with Gasteiger partial charge in [0.25, 0.3) is 0 Å². The number of nitrogens with zero attached hydrogens (tertiary/aromatic N) is 2. The van der Waals surface area contributed by atoms with Crippen LogP contribution in [-0.4, -0.2) is 54.5 Å². The van der Waals surface area contributed by atoms with Gasteiger partial charge >= 0.3 is 0 Å². The number of hydrogen-bond donors (Lipinski definition) is 1. The second-order valence-corrected chi connectivity index (χ2v) is 4.72. The lowest BCUT2D eigenvalue weighted by atomic mass is 10.1. The minimum atomic E-state index is -0.322. The van der Waals surface area contributed by atoms with E-state index in [1.807, 2.05) is 11.8 Å². The molecule has 0 aliphatic carbocycles. The van der Waals surface area contributed by atoms with Crippen LogP contribution in [0.5, 0.6) is 0 Å². The molecule has 1 unspecified atom stereocenters. The maximum absolute atomic E-state index is 12.1. The standard InChI is InChI=1S/C12H25N3O/c1-4-10-9-14(3)7-6-8-15(10)12(16)11(13)5-2/h10-11H,4-9,13H2,1-3H3/t10?,11-/m0/s1. The van der Waals surface area contributed by atoms with Crippen LogP contribution >= 0.6 is 0 Å². The van der Waals surface area contributed by atoms with Gasteiger partial charge < -0.3 is 15.5 Å². The van der Waals surface area contributed by atoms with E-state index in [2.05, 4.69) is 18.9 Å². The van der Waals surface area contributed by atoms with Crippen molar-refractivity contribution in [1.29, 1.82) is 0 Å². The van der Waals surface area contributed by atoms with Crippen LogP contribution in [0.3, 0.4) is 0 Å². The van der Waals surface area contributed by atoms with Gasteiger partial charge in [-0.15, -0.1) is 0 Å². The van der Waals surface area contributed by atoms with E-state index >= 15 is 0 Å². The van der Waals surface area contributed by atoms with Gasteiger partial charge in [-0.3, -0.25) is 4.79 Å². The lowest BCUT2D eigenvalue weighted by Crippen LogP contribution is -2.50. The van der Waals surface area contributed by atoms with Gasteiger partial charge in [0, 0.05) is 19.1 Å². The molecule has 0 saturated carbocycles. The summed E-state index contributed by atoms with van der Waals surface area (Å²) in [5.74, 6) is 0.129. The molecule has 1 rings (SSSR count). The van der Waals surface area contributed by atoms with Crippen LogP contribution in [0.1, 0.15) is 33.1 Å². The molecule has 4 nitrogen and oxygen atoms in total. The molecule has 1 aliphatic rings. The molecule has 0 aromatic heterocycles. The number of amides is 1. The summed E-state index contributed by atoms with van der Waals surface area (Å²) in [5, 5.41) is 0. The van der Waals surface area contributed by atoms with Crippen molar-refractivity contribution in [2.24, 2.45) is 5.73 Å². The first kappa shape index (κ1) is 13.5. The van der Waals surface area contributed by atoms with Gasteiger partial charge in [0.15, 0.2) is 0 Å². The minimum absolute atomic E-state index is 0.129. The van der Waals surface area contributed by atoms with Crippen molar-refractivity contribution in [2.45, 2.75) is 45.2 Å². The van der Waals surface area contributed by atoms with E-state index in [0.717, 1.165) is 38.9 Å². The normalized spacial score (nSPS) is 25.2. The zero-order chi connectivity index (χ0) is 12.1. The highest BCUT2D eigenvalue weighted by Crippen LogP contribution is 2.13. The Labute approximate surface area is 98.8 Å². The average Bonchev–Trinajstić information content (AvgIpc) is 2.48. The van der Waals surface area contributed by atoms with E-state index in [4.69, 9.17) is 5.73 Å². The van der Waals surface area contributed by atoms with Crippen LogP contribution < -0.4 is 5.73 Å². The Bertz CT molecular complexity index is 232. The first-order chi connectivity index (χ1) is 7.60. The molecule has 0 aromatic rings. The van der Waals surface area contributed by atoms with Gasteiger partial charge in [-0.1, -0.05) is 13.8 Å². The summed E-state index contributed by atoms with van der Waals surface area (Å²) >= 11 is 0. The second-order valence-electron chi connectivity index (χ2n) is 4.72. The van der Waals surface area contributed by atoms with Crippen molar-refractivity contribution in [3.05, 3.63) is 0 Å². The number of hydrogen-bond acceptors (Lipinski definition) is 3. The number of carbonyl (C=O) groups excluding carboxylic acids is 1. The fourth-order valence-electron chi connectivity index (χ4n) is 2.27. The van der Waals surface area contributed by atoms with Gasteiger partial charge in [0.1, 0.15) is 0 Å². The van der Waals surface area contributed by atoms with E-state index in [9.17, 15) is 4.79 Å². The first-order valence-corrected chi connectivity index (χ1v) is 6.34. The predicted octanol–water partition coefficient (Wildman–Crippen LogP) is 0.666. The second kappa shape index (κ2) is 6.21. The lowest BCUT2D eigenvalue weighted by molar-refractivity contribution is -0.134. The summed E-state index contributed by atoms with van der Waals surface area (Å²) in [6, 6.07) is 0.00931. The van der Waals surface area contributed by atoms with Gasteiger partial charge in [-0.2, -0.15) is 0 Å². The van der Waals surface area contributed by atoms with Crippen molar-refractivity contribution >= 4 is 5.91 Å². The van der Waals surface area contributed by atoms with Crippen molar-refractivity contribution in [3.63, 3.8) is 0 Å². The molecule has 0 bridgehead atoms. The fraction of sp³-hybridized carbons (Fsp3) is 0.917. The number of nitrogens with two attached hydrogens (primary N) is 1. The summed E-state index contributed by atoms with van der Waals surface area (Å²) < 4.78 is 0. The molecule has 1 aliphatic heterocycles. The van der Waals surface area contributed by atoms with Crippen molar-refractivity contribution in [3.8, 4) is 0 Å². The third-order valence-electron chi connectivity index (χ3n) is 3.41. The van der Waals surface area contributed by atoms with E-state index < -0.39 is 0 Å². The van der Waals surface area contributed by atoms with Crippen LogP contribution in [0.15, 0.2) is 0 Å². The van der Waals surface area contributed by atoms with E-state index in [0.29, 0.717) is 6.04 Å².